The maximum atomic E-state index is 11.3. The van der Waals surface area contributed by atoms with Crippen molar-refractivity contribution in [1.82, 2.24) is 4.57 Å². The first-order valence-electron chi connectivity index (χ1n) is 5.32. The van der Waals surface area contributed by atoms with Crippen molar-refractivity contribution in [2.75, 3.05) is 0 Å². The lowest BCUT2D eigenvalue weighted by Gasteiger charge is -2.18. The minimum atomic E-state index is -0.882. The second-order valence-electron chi connectivity index (χ2n) is 4.75. The van der Waals surface area contributed by atoms with Crippen LogP contribution in [0.4, 0.5) is 0 Å². The highest BCUT2D eigenvalue weighted by Crippen LogP contribution is 2.33. The van der Waals surface area contributed by atoms with Gasteiger partial charge in [-0.05, 0) is 31.5 Å². The van der Waals surface area contributed by atoms with Crippen LogP contribution in [-0.4, -0.2) is 15.6 Å². The van der Waals surface area contributed by atoms with E-state index in [0.717, 1.165) is 20.9 Å². The van der Waals surface area contributed by atoms with Gasteiger partial charge in [0.15, 0.2) is 0 Å². The number of carboxylic acids is 1. The van der Waals surface area contributed by atoms with E-state index >= 15 is 0 Å². The van der Waals surface area contributed by atoms with Gasteiger partial charge in [0, 0.05) is 28.6 Å². The molecule has 0 amide bonds. The van der Waals surface area contributed by atoms with Gasteiger partial charge in [-0.1, -0.05) is 22.0 Å². The van der Waals surface area contributed by atoms with Crippen LogP contribution in [0, 0.1) is 0 Å². The Morgan fingerprint density at radius 3 is 2.65 bits per heavy atom. The smallest absolute Gasteiger partial charge is 0.313 e. The monoisotopic (exact) mass is 295 g/mol. The zero-order valence-corrected chi connectivity index (χ0v) is 11.6. The van der Waals surface area contributed by atoms with Gasteiger partial charge in [0.1, 0.15) is 0 Å². The third kappa shape index (κ3) is 1.86. The van der Waals surface area contributed by atoms with Crippen molar-refractivity contribution in [3.05, 3.63) is 34.4 Å². The fraction of sp³-hybridized carbons (Fsp3) is 0.308. The summed E-state index contributed by atoms with van der Waals surface area (Å²) < 4.78 is 2.95. The Hall–Kier alpha value is -1.29. The van der Waals surface area contributed by atoms with E-state index in [9.17, 15) is 9.90 Å². The predicted molar refractivity (Wildman–Crippen MR) is 71.3 cm³/mol. The second kappa shape index (κ2) is 3.88. The van der Waals surface area contributed by atoms with Crippen molar-refractivity contribution in [1.29, 1.82) is 0 Å². The number of carboxylic acid groups (broad SMARTS) is 1. The minimum Gasteiger partial charge on any atom is -0.481 e. The van der Waals surface area contributed by atoms with E-state index in [4.69, 9.17) is 0 Å². The number of hydrogen-bond acceptors (Lipinski definition) is 1. The Morgan fingerprint density at radius 1 is 1.41 bits per heavy atom. The van der Waals surface area contributed by atoms with Crippen molar-refractivity contribution in [2.24, 2.45) is 7.05 Å². The van der Waals surface area contributed by atoms with Gasteiger partial charge >= 0.3 is 5.97 Å². The van der Waals surface area contributed by atoms with Crippen LogP contribution in [0.1, 0.15) is 19.4 Å². The average molecular weight is 296 g/mol. The topological polar surface area (TPSA) is 42.2 Å². The lowest BCUT2D eigenvalue weighted by molar-refractivity contribution is -0.142. The molecule has 17 heavy (non-hydrogen) atoms. The van der Waals surface area contributed by atoms with Crippen molar-refractivity contribution in [2.45, 2.75) is 19.3 Å². The molecule has 1 aromatic heterocycles. The SMILES string of the molecule is Cn1cc(C(C)(C)C(=O)O)c2ccc(Br)cc21. The summed E-state index contributed by atoms with van der Waals surface area (Å²) in [5.74, 6) is -0.812. The zero-order valence-electron chi connectivity index (χ0n) is 9.99. The Morgan fingerprint density at radius 2 is 2.06 bits per heavy atom. The highest BCUT2D eigenvalue weighted by molar-refractivity contribution is 9.10. The number of halogens is 1. The van der Waals surface area contributed by atoms with E-state index < -0.39 is 11.4 Å². The molecule has 0 aliphatic carbocycles. The van der Waals surface area contributed by atoms with Crippen LogP contribution in [0.2, 0.25) is 0 Å². The highest BCUT2D eigenvalue weighted by Gasteiger charge is 2.32. The predicted octanol–water partition coefficient (Wildman–Crippen LogP) is 3.30. The lowest BCUT2D eigenvalue weighted by Crippen LogP contribution is -2.28. The molecule has 4 heteroatoms. The number of rotatable bonds is 2. The number of hydrogen-bond donors (Lipinski definition) is 1. The Kier molecular flexibility index (Phi) is 2.78. The summed E-state index contributed by atoms with van der Waals surface area (Å²) in [6.07, 6.45) is 1.89. The van der Waals surface area contributed by atoms with E-state index in [0.29, 0.717) is 0 Å². The first-order chi connectivity index (χ1) is 7.84. The standard InChI is InChI=1S/C13H14BrNO2/c1-13(2,12(16)17)10-7-15(3)11-6-8(14)4-5-9(10)11/h4-7H,1-3H3,(H,16,17). The molecule has 2 aromatic rings. The summed E-state index contributed by atoms with van der Waals surface area (Å²) in [6, 6.07) is 5.89. The normalized spacial score (nSPS) is 12.0. The molecule has 0 bridgehead atoms. The van der Waals surface area contributed by atoms with Crippen molar-refractivity contribution in [3.63, 3.8) is 0 Å². The Balaban J connectivity index is 2.76. The quantitative estimate of drug-likeness (QED) is 0.924. The molecular weight excluding hydrogens is 282 g/mol. The Bertz CT molecular complexity index is 599. The van der Waals surface area contributed by atoms with Gasteiger partial charge in [-0.15, -0.1) is 0 Å². The number of benzene rings is 1. The van der Waals surface area contributed by atoms with Crippen LogP contribution >= 0.6 is 15.9 Å². The van der Waals surface area contributed by atoms with Gasteiger partial charge in [0.05, 0.1) is 5.41 Å². The van der Waals surface area contributed by atoms with E-state index in [1.807, 2.05) is 36.0 Å². The van der Waals surface area contributed by atoms with Crippen LogP contribution in [-0.2, 0) is 17.3 Å². The summed E-state index contributed by atoms with van der Waals surface area (Å²) in [7, 11) is 1.93. The van der Waals surface area contributed by atoms with Crippen LogP contribution in [0.25, 0.3) is 10.9 Å². The molecule has 1 heterocycles. The molecule has 3 nitrogen and oxygen atoms in total. The summed E-state index contributed by atoms with van der Waals surface area (Å²) >= 11 is 3.43. The summed E-state index contributed by atoms with van der Waals surface area (Å²) in [5.41, 5.74) is 0.992. The van der Waals surface area contributed by atoms with Crippen molar-refractivity contribution in [3.8, 4) is 0 Å². The van der Waals surface area contributed by atoms with Gasteiger partial charge in [-0.25, -0.2) is 0 Å². The number of aromatic nitrogens is 1. The summed E-state index contributed by atoms with van der Waals surface area (Å²) in [6.45, 7) is 3.46. The fourth-order valence-electron chi connectivity index (χ4n) is 1.97. The van der Waals surface area contributed by atoms with Crippen molar-refractivity contribution < 1.29 is 9.90 Å². The van der Waals surface area contributed by atoms with Gasteiger partial charge in [0.2, 0.25) is 0 Å². The molecular formula is C13H14BrNO2. The van der Waals surface area contributed by atoms with Gasteiger partial charge in [-0.2, -0.15) is 0 Å². The molecule has 2 rings (SSSR count). The van der Waals surface area contributed by atoms with E-state index in [2.05, 4.69) is 15.9 Å². The molecule has 0 unspecified atom stereocenters. The second-order valence-corrected chi connectivity index (χ2v) is 5.66. The van der Waals surface area contributed by atoms with Crippen LogP contribution in [0.5, 0.6) is 0 Å². The lowest BCUT2D eigenvalue weighted by atomic mass is 9.85. The average Bonchev–Trinajstić information content (AvgIpc) is 2.56. The third-order valence-electron chi connectivity index (χ3n) is 3.16. The largest absolute Gasteiger partial charge is 0.481 e. The van der Waals surface area contributed by atoms with Crippen molar-refractivity contribution >= 4 is 32.8 Å². The fourth-order valence-corrected chi connectivity index (χ4v) is 2.32. The maximum Gasteiger partial charge on any atom is 0.313 e. The van der Waals surface area contributed by atoms with E-state index in [1.165, 1.54) is 0 Å². The molecule has 0 saturated heterocycles. The van der Waals surface area contributed by atoms with Crippen LogP contribution in [0.3, 0.4) is 0 Å². The Labute approximate surface area is 108 Å². The number of fused-ring (bicyclic) bond motifs is 1. The van der Waals surface area contributed by atoms with Crippen LogP contribution in [0.15, 0.2) is 28.9 Å². The highest BCUT2D eigenvalue weighted by atomic mass is 79.9. The molecule has 0 radical (unpaired) electrons. The molecule has 0 fully saturated rings. The first kappa shape index (κ1) is 12.2. The van der Waals surface area contributed by atoms with E-state index in [-0.39, 0.29) is 0 Å². The first-order valence-corrected chi connectivity index (χ1v) is 6.12. The molecule has 0 aliphatic heterocycles. The van der Waals surface area contributed by atoms with Gasteiger partial charge in [-0.3, -0.25) is 4.79 Å². The number of carbonyl (C=O) groups is 1. The molecule has 0 atom stereocenters. The van der Waals surface area contributed by atoms with Gasteiger partial charge < -0.3 is 9.67 Å². The molecule has 0 aliphatic rings. The molecule has 0 saturated carbocycles. The zero-order chi connectivity index (χ0) is 12.8. The van der Waals surface area contributed by atoms with Crippen LogP contribution < -0.4 is 0 Å². The number of aliphatic carboxylic acids is 1. The third-order valence-corrected chi connectivity index (χ3v) is 3.65. The molecule has 1 aromatic carbocycles. The summed E-state index contributed by atoms with van der Waals surface area (Å²) in [4.78, 5) is 11.3. The minimum absolute atomic E-state index is 0.812. The molecule has 1 N–H and O–H groups in total. The van der Waals surface area contributed by atoms with Gasteiger partial charge in [0.25, 0.3) is 0 Å². The summed E-state index contributed by atoms with van der Waals surface area (Å²) in [5, 5.41) is 10.3. The molecule has 0 spiro atoms. The maximum absolute atomic E-state index is 11.3. The molecule has 90 valence electrons. The van der Waals surface area contributed by atoms with E-state index in [1.54, 1.807) is 13.8 Å². The number of aryl methyl sites for hydroxylation is 1. The number of nitrogens with zero attached hydrogens (tertiary/aromatic N) is 1.